The van der Waals surface area contributed by atoms with Gasteiger partial charge in [0.25, 0.3) is 0 Å². The van der Waals surface area contributed by atoms with E-state index in [1.807, 2.05) is 14.0 Å². The van der Waals surface area contributed by atoms with Gasteiger partial charge in [-0.25, -0.2) is 4.79 Å². The first kappa shape index (κ1) is 11.7. The summed E-state index contributed by atoms with van der Waals surface area (Å²) in [5, 5.41) is 8.40. The number of hydrogen-bond acceptors (Lipinski definition) is 3. The van der Waals surface area contributed by atoms with Crippen molar-refractivity contribution in [3.05, 3.63) is 12.2 Å². The Morgan fingerprint density at radius 1 is 1.33 bits per heavy atom. The minimum absolute atomic E-state index is 0.134. The molecule has 1 N–H and O–H groups in total. The van der Waals surface area contributed by atoms with Crippen molar-refractivity contribution >= 4 is 11.9 Å². The van der Waals surface area contributed by atoms with Crippen LogP contribution in [0.3, 0.4) is 0 Å². The summed E-state index contributed by atoms with van der Waals surface area (Å²) in [7, 11) is 2.01. The van der Waals surface area contributed by atoms with Crippen LogP contribution < -0.4 is 0 Å². The van der Waals surface area contributed by atoms with E-state index in [0.717, 1.165) is 25.2 Å². The average Bonchev–Trinajstić information content (AvgIpc) is 2.14. The number of amides is 1. The highest BCUT2D eigenvalue weighted by Crippen LogP contribution is 2.08. The van der Waals surface area contributed by atoms with Crippen LogP contribution in [0, 0.1) is 0 Å². The first-order valence-corrected chi connectivity index (χ1v) is 4.91. The standard InChI is InChI=1S/C10H16N2O3/c1-8-7-11(2)5-6-12(8)9(13)3-4-10(14)15/h3-4,8H,5-7H2,1-2H3,(H,14,15)/b4-3+. The van der Waals surface area contributed by atoms with E-state index in [0.29, 0.717) is 6.54 Å². The molecular formula is C10H16N2O3. The van der Waals surface area contributed by atoms with Crippen LogP contribution in [0.4, 0.5) is 0 Å². The van der Waals surface area contributed by atoms with Crippen LogP contribution in [0.5, 0.6) is 0 Å². The lowest BCUT2D eigenvalue weighted by Gasteiger charge is -2.37. The van der Waals surface area contributed by atoms with E-state index in [4.69, 9.17) is 5.11 Å². The minimum Gasteiger partial charge on any atom is -0.478 e. The molecule has 1 amide bonds. The van der Waals surface area contributed by atoms with Crippen LogP contribution in [0.25, 0.3) is 0 Å². The molecule has 1 unspecified atom stereocenters. The molecule has 1 fully saturated rings. The Hall–Kier alpha value is -1.36. The summed E-state index contributed by atoms with van der Waals surface area (Å²) in [6.45, 7) is 4.27. The van der Waals surface area contributed by atoms with Gasteiger partial charge >= 0.3 is 5.97 Å². The Morgan fingerprint density at radius 3 is 2.53 bits per heavy atom. The average molecular weight is 212 g/mol. The highest BCUT2D eigenvalue weighted by molar-refractivity contribution is 5.94. The minimum atomic E-state index is -1.09. The number of rotatable bonds is 2. The second-order valence-corrected chi connectivity index (χ2v) is 3.81. The topological polar surface area (TPSA) is 60.9 Å². The van der Waals surface area contributed by atoms with Crippen molar-refractivity contribution in [2.75, 3.05) is 26.7 Å². The van der Waals surface area contributed by atoms with Crippen molar-refractivity contribution in [2.24, 2.45) is 0 Å². The quantitative estimate of drug-likeness (QED) is 0.643. The molecule has 0 aromatic carbocycles. The van der Waals surface area contributed by atoms with Gasteiger partial charge in [-0.3, -0.25) is 4.79 Å². The lowest BCUT2D eigenvalue weighted by Crippen LogP contribution is -2.52. The number of carboxylic acid groups (broad SMARTS) is 1. The summed E-state index contributed by atoms with van der Waals surface area (Å²) >= 11 is 0. The molecule has 0 spiro atoms. The van der Waals surface area contributed by atoms with E-state index in [9.17, 15) is 9.59 Å². The van der Waals surface area contributed by atoms with Crippen LogP contribution in [-0.4, -0.2) is 59.5 Å². The number of carboxylic acids is 1. The van der Waals surface area contributed by atoms with Gasteiger partial charge in [0, 0.05) is 37.8 Å². The Morgan fingerprint density at radius 2 is 2.00 bits per heavy atom. The van der Waals surface area contributed by atoms with Crippen molar-refractivity contribution in [1.29, 1.82) is 0 Å². The first-order chi connectivity index (χ1) is 7.00. The molecule has 5 heteroatoms. The normalized spacial score (nSPS) is 23.3. The SMILES string of the molecule is CC1CN(C)CCN1C(=O)/C=C/C(=O)O. The highest BCUT2D eigenvalue weighted by atomic mass is 16.4. The van der Waals surface area contributed by atoms with E-state index in [1.54, 1.807) is 4.90 Å². The fraction of sp³-hybridized carbons (Fsp3) is 0.600. The number of carbonyl (C=O) groups excluding carboxylic acids is 1. The molecule has 1 atom stereocenters. The zero-order chi connectivity index (χ0) is 11.4. The highest BCUT2D eigenvalue weighted by Gasteiger charge is 2.24. The van der Waals surface area contributed by atoms with E-state index in [-0.39, 0.29) is 11.9 Å². The van der Waals surface area contributed by atoms with Crippen molar-refractivity contribution in [3.8, 4) is 0 Å². The largest absolute Gasteiger partial charge is 0.478 e. The lowest BCUT2D eigenvalue weighted by atomic mass is 10.2. The smallest absolute Gasteiger partial charge is 0.328 e. The van der Waals surface area contributed by atoms with Crippen molar-refractivity contribution in [1.82, 2.24) is 9.80 Å². The zero-order valence-corrected chi connectivity index (χ0v) is 9.01. The van der Waals surface area contributed by atoms with Crippen molar-refractivity contribution in [2.45, 2.75) is 13.0 Å². The van der Waals surface area contributed by atoms with Gasteiger partial charge < -0.3 is 14.9 Å². The monoisotopic (exact) mass is 212 g/mol. The summed E-state index contributed by atoms with van der Waals surface area (Å²) in [6, 6.07) is 0.134. The molecule has 0 saturated carbocycles. The Bertz CT molecular complexity index is 288. The van der Waals surface area contributed by atoms with Crippen LogP contribution in [0.15, 0.2) is 12.2 Å². The molecule has 0 bridgehead atoms. The van der Waals surface area contributed by atoms with Gasteiger partial charge in [-0.2, -0.15) is 0 Å². The summed E-state index contributed by atoms with van der Waals surface area (Å²) in [5.74, 6) is -1.32. The van der Waals surface area contributed by atoms with Crippen LogP contribution in [0.2, 0.25) is 0 Å². The molecule has 1 rings (SSSR count). The molecule has 15 heavy (non-hydrogen) atoms. The molecule has 0 aliphatic carbocycles. The Labute approximate surface area is 89.0 Å². The van der Waals surface area contributed by atoms with Crippen molar-refractivity contribution in [3.63, 3.8) is 0 Å². The third kappa shape index (κ3) is 3.36. The Kier molecular flexibility index (Phi) is 3.85. The molecule has 1 heterocycles. The van der Waals surface area contributed by atoms with Gasteiger partial charge in [0.15, 0.2) is 0 Å². The molecule has 84 valence electrons. The number of carbonyl (C=O) groups is 2. The predicted molar refractivity (Wildman–Crippen MR) is 55.4 cm³/mol. The lowest BCUT2D eigenvalue weighted by molar-refractivity contribution is -0.133. The second-order valence-electron chi connectivity index (χ2n) is 3.81. The summed E-state index contributed by atoms with van der Waals surface area (Å²) in [5.41, 5.74) is 0. The third-order valence-corrected chi connectivity index (χ3v) is 2.48. The van der Waals surface area contributed by atoms with E-state index < -0.39 is 5.97 Å². The van der Waals surface area contributed by atoms with Crippen LogP contribution in [-0.2, 0) is 9.59 Å². The van der Waals surface area contributed by atoms with Crippen LogP contribution in [0.1, 0.15) is 6.92 Å². The number of piperazine rings is 1. The molecule has 1 saturated heterocycles. The predicted octanol–water partition coefficient (Wildman–Crippen LogP) is -0.210. The maximum Gasteiger partial charge on any atom is 0.328 e. The molecule has 0 aromatic heterocycles. The number of likely N-dealkylation sites (N-methyl/N-ethyl adjacent to an activating group) is 1. The zero-order valence-electron chi connectivity index (χ0n) is 9.01. The van der Waals surface area contributed by atoms with Crippen molar-refractivity contribution < 1.29 is 14.7 Å². The van der Waals surface area contributed by atoms with E-state index in [1.165, 1.54) is 0 Å². The number of aliphatic carboxylic acids is 1. The first-order valence-electron chi connectivity index (χ1n) is 4.91. The molecular weight excluding hydrogens is 196 g/mol. The summed E-state index contributed by atoms with van der Waals surface area (Å²) in [4.78, 5) is 25.7. The molecule has 5 nitrogen and oxygen atoms in total. The van der Waals surface area contributed by atoms with Gasteiger partial charge in [0.05, 0.1) is 0 Å². The maximum absolute atomic E-state index is 11.6. The Balaban J connectivity index is 2.56. The fourth-order valence-electron chi connectivity index (χ4n) is 1.71. The summed E-state index contributed by atoms with van der Waals surface area (Å²) < 4.78 is 0. The second kappa shape index (κ2) is 4.93. The molecule has 0 radical (unpaired) electrons. The maximum atomic E-state index is 11.6. The third-order valence-electron chi connectivity index (χ3n) is 2.48. The summed E-state index contributed by atoms with van der Waals surface area (Å²) in [6.07, 6.45) is 2.00. The number of nitrogens with zero attached hydrogens (tertiary/aromatic N) is 2. The fourth-order valence-corrected chi connectivity index (χ4v) is 1.71. The van der Waals surface area contributed by atoms with Gasteiger partial charge in [0.2, 0.25) is 5.91 Å². The van der Waals surface area contributed by atoms with Gasteiger partial charge in [-0.15, -0.1) is 0 Å². The van der Waals surface area contributed by atoms with E-state index in [2.05, 4.69) is 4.90 Å². The number of hydrogen-bond donors (Lipinski definition) is 1. The molecule has 1 aliphatic heterocycles. The molecule has 1 aliphatic rings. The van der Waals surface area contributed by atoms with Crippen LogP contribution >= 0.6 is 0 Å². The van der Waals surface area contributed by atoms with E-state index >= 15 is 0 Å². The van der Waals surface area contributed by atoms with Gasteiger partial charge in [0.1, 0.15) is 0 Å². The molecule has 0 aromatic rings. The van der Waals surface area contributed by atoms with Gasteiger partial charge in [-0.05, 0) is 14.0 Å². The van der Waals surface area contributed by atoms with Gasteiger partial charge in [-0.1, -0.05) is 0 Å².